The third kappa shape index (κ3) is 5.84. The Morgan fingerprint density at radius 1 is 0.500 bits per heavy atom. The zero-order chi connectivity index (χ0) is 36.0. The topological polar surface area (TPSA) is 37.5 Å². The highest BCUT2D eigenvalue weighted by Crippen LogP contribution is 2.38. The van der Waals surface area contributed by atoms with Gasteiger partial charge in [-0.05, 0) is 110 Å². The van der Waals surface area contributed by atoms with E-state index in [0.717, 1.165) is 62.9 Å². The van der Waals surface area contributed by atoms with Crippen LogP contribution in [0, 0.1) is 0 Å². The standard InChI is InChI=1S/C51H38N2O/c1-33-17-30-46(43-29-21-35-10-3-5-12-41(35)32-43)52-51(53-50(33)38-24-18-36(19-25-38)42-28-20-34-9-2-4-11-40(34)31-42)39-26-22-37(23-27-39)44-14-8-16-48-49(44)45-13-6-7-15-47(45)54-48/h2-16,18-29,31-32,51,53H,17,30H2,1H3/b50-33-,52-46?. The molecule has 0 spiro atoms. The van der Waals surface area contributed by atoms with Gasteiger partial charge in [-0.1, -0.05) is 152 Å². The van der Waals surface area contributed by atoms with Crippen LogP contribution in [-0.4, -0.2) is 5.71 Å². The van der Waals surface area contributed by atoms with Gasteiger partial charge in [0.1, 0.15) is 17.3 Å². The summed E-state index contributed by atoms with van der Waals surface area (Å²) >= 11 is 0. The molecule has 0 aliphatic carbocycles. The zero-order valence-electron chi connectivity index (χ0n) is 30.1. The highest BCUT2D eigenvalue weighted by Gasteiger charge is 2.21. The molecule has 2 heterocycles. The molecule has 1 unspecified atom stereocenters. The van der Waals surface area contributed by atoms with Crippen molar-refractivity contribution >= 4 is 54.9 Å². The van der Waals surface area contributed by atoms with Crippen LogP contribution in [0.15, 0.2) is 191 Å². The lowest BCUT2D eigenvalue weighted by molar-refractivity contribution is 0.656. The van der Waals surface area contributed by atoms with Crippen LogP contribution in [0.25, 0.3) is 71.4 Å². The summed E-state index contributed by atoms with van der Waals surface area (Å²) in [6, 6.07) is 63.0. The van der Waals surface area contributed by atoms with Crippen molar-refractivity contribution in [3.05, 3.63) is 198 Å². The number of hydrogen-bond acceptors (Lipinski definition) is 3. The number of furan rings is 1. The zero-order valence-corrected chi connectivity index (χ0v) is 30.1. The van der Waals surface area contributed by atoms with Gasteiger partial charge in [-0.3, -0.25) is 4.99 Å². The molecule has 258 valence electrons. The van der Waals surface area contributed by atoms with Gasteiger partial charge in [0.05, 0.1) is 0 Å². The van der Waals surface area contributed by atoms with Crippen LogP contribution in [0.3, 0.4) is 0 Å². The molecular formula is C51H38N2O. The molecule has 0 saturated carbocycles. The molecule has 0 amide bonds. The van der Waals surface area contributed by atoms with Gasteiger partial charge in [0.2, 0.25) is 0 Å². The molecular weight excluding hydrogens is 657 g/mol. The number of allylic oxidation sites excluding steroid dienone is 1. The lowest BCUT2D eigenvalue weighted by atomic mass is 9.94. The highest BCUT2D eigenvalue weighted by atomic mass is 16.3. The minimum Gasteiger partial charge on any atom is -0.456 e. The molecule has 3 nitrogen and oxygen atoms in total. The second-order valence-electron chi connectivity index (χ2n) is 14.4. The molecule has 1 aromatic heterocycles. The van der Waals surface area contributed by atoms with Gasteiger partial charge in [0.25, 0.3) is 0 Å². The molecule has 1 N–H and O–H groups in total. The van der Waals surface area contributed by atoms with Crippen molar-refractivity contribution in [1.29, 1.82) is 0 Å². The maximum atomic E-state index is 6.22. The van der Waals surface area contributed by atoms with Crippen molar-refractivity contribution in [3.63, 3.8) is 0 Å². The molecule has 0 fully saturated rings. The van der Waals surface area contributed by atoms with E-state index in [0.29, 0.717) is 0 Å². The molecule has 0 saturated heterocycles. The Hall–Kier alpha value is -6.71. The largest absolute Gasteiger partial charge is 0.456 e. The number of aliphatic imine (C=N–C) groups is 1. The van der Waals surface area contributed by atoms with E-state index in [1.807, 2.05) is 12.1 Å². The Morgan fingerprint density at radius 2 is 1.09 bits per heavy atom. The average molecular weight is 695 g/mol. The van der Waals surface area contributed by atoms with Crippen molar-refractivity contribution in [2.24, 2.45) is 4.99 Å². The summed E-state index contributed by atoms with van der Waals surface area (Å²) < 4.78 is 6.22. The van der Waals surface area contributed by atoms with E-state index in [1.165, 1.54) is 49.4 Å². The maximum absolute atomic E-state index is 6.22. The second-order valence-corrected chi connectivity index (χ2v) is 14.4. The number of para-hydroxylation sites is 1. The second kappa shape index (κ2) is 13.4. The molecule has 9 aromatic rings. The van der Waals surface area contributed by atoms with Crippen LogP contribution in [0.4, 0.5) is 0 Å². The van der Waals surface area contributed by atoms with Gasteiger partial charge < -0.3 is 9.73 Å². The van der Waals surface area contributed by atoms with Gasteiger partial charge in [-0.15, -0.1) is 0 Å². The first-order valence-corrected chi connectivity index (χ1v) is 18.8. The lowest BCUT2D eigenvalue weighted by Crippen LogP contribution is -2.23. The van der Waals surface area contributed by atoms with E-state index >= 15 is 0 Å². The van der Waals surface area contributed by atoms with Crippen LogP contribution in [-0.2, 0) is 0 Å². The van der Waals surface area contributed by atoms with E-state index in [1.54, 1.807) is 0 Å². The quantitative estimate of drug-likeness (QED) is 0.195. The Balaban J connectivity index is 1.03. The van der Waals surface area contributed by atoms with Gasteiger partial charge >= 0.3 is 0 Å². The van der Waals surface area contributed by atoms with E-state index < -0.39 is 0 Å². The van der Waals surface area contributed by atoms with Crippen molar-refractivity contribution in [2.75, 3.05) is 0 Å². The fourth-order valence-electron chi connectivity index (χ4n) is 8.08. The Labute approximate surface area is 314 Å². The number of hydrogen-bond donors (Lipinski definition) is 1. The first-order valence-electron chi connectivity index (χ1n) is 18.8. The molecule has 3 heteroatoms. The summed E-state index contributed by atoms with van der Waals surface area (Å²) in [7, 11) is 0. The van der Waals surface area contributed by atoms with Crippen molar-refractivity contribution in [3.8, 4) is 22.3 Å². The summed E-state index contributed by atoms with van der Waals surface area (Å²) in [5, 5.41) is 11.2. The van der Waals surface area contributed by atoms with Gasteiger partial charge in [-0.25, -0.2) is 0 Å². The van der Waals surface area contributed by atoms with Crippen molar-refractivity contribution < 1.29 is 4.42 Å². The molecule has 1 atom stereocenters. The predicted molar refractivity (Wildman–Crippen MR) is 227 cm³/mol. The van der Waals surface area contributed by atoms with Crippen LogP contribution < -0.4 is 5.32 Å². The lowest BCUT2D eigenvalue weighted by Gasteiger charge is -2.26. The molecule has 54 heavy (non-hydrogen) atoms. The number of benzene rings is 8. The normalized spacial score (nSPS) is 16.3. The minimum absolute atomic E-state index is 0.281. The summed E-state index contributed by atoms with van der Waals surface area (Å²) in [6.45, 7) is 2.26. The van der Waals surface area contributed by atoms with E-state index in [9.17, 15) is 0 Å². The summed E-state index contributed by atoms with van der Waals surface area (Å²) in [5.74, 6) is 0. The Bertz CT molecular complexity index is 2910. The molecule has 0 bridgehead atoms. The first kappa shape index (κ1) is 32.0. The predicted octanol–water partition coefficient (Wildman–Crippen LogP) is 13.5. The van der Waals surface area contributed by atoms with Gasteiger partial charge in [0.15, 0.2) is 0 Å². The Kier molecular flexibility index (Phi) is 7.91. The van der Waals surface area contributed by atoms with Gasteiger partial charge in [-0.2, -0.15) is 0 Å². The molecule has 10 rings (SSSR count). The summed E-state index contributed by atoms with van der Waals surface area (Å²) in [5.41, 5.74) is 13.6. The molecule has 1 aliphatic heterocycles. The van der Waals surface area contributed by atoms with Crippen LogP contribution in [0.1, 0.15) is 42.6 Å². The SMILES string of the molecule is C/C1=C(\c2ccc(-c3ccc4ccccc4c3)cc2)NC(c2ccc(-c3cccc4oc5ccccc5c34)cc2)N=C(c2ccc3ccccc3c2)CC1. The smallest absolute Gasteiger partial charge is 0.145 e. The molecule has 8 aromatic carbocycles. The van der Waals surface area contributed by atoms with E-state index in [-0.39, 0.29) is 6.17 Å². The minimum atomic E-state index is -0.281. The van der Waals surface area contributed by atoms with Crippen molar-refractivity contribution in [2.45, 2.75) is 25.9 Å². The van der Waals surface area contributed by atoms with Crippen LogP contribution in [0.2, 0.25) is 0 Å². The fraction of sp³-hybridized carbons (Fsp3) is 0.0784. The molecule has 0 radical (unpaired) electrons. The van der Waals surface area contributed by atoms with Crippen LogP contribution in [0.5, 0.6) is 0 Å². The maximum Gasteiger partial charge on any atom is 0.145 e. The number of fused-ring (bicyclic) bond motifs is 5. The van der Waals surface area contributed by atoms with E-state index in [4.69, 9.17) is 9.41 Å². The molecule has 1 aliphatic rings. The third-order valence-corrected chi connectivity index (χ3v) is 11.0. The van der Waals surface area contributed by atoms with E-state index in [2.05, 4.69) is 176 Å². The van der Waals surface area contributed by atoms with Crippen molar-refractivity contribution in [1.82, 2.24) is 5.32 Å². The van der Waals surface area contributed by atoms with Crippen LogP contribution >= 0.6 is 0 Å². The number of nitrogens with zero attached hydrogens (tertiary/aromatic N) is 1. The van der Waals surface area contributed by atoms with Gasteiger partial charge in [0, 0.05) is 22.2 Å². The third-order valence-electron chi connectivity index (χ3n) is 11.0. The fourth-order valence-corrected chi connectivity index (χ4v) is 8.08. The highest BCUT2D eigenvalue weighted by molar-refractivity contribution is 6.12. The first-order chi connectivity index (χ1) is 26.6. The monoisotopic (exact) mass is 694 g/mol. The summed E-state index contributed by atoms with van der Waals surface area (Å²) in [4.78, 5) is 5.53. The summed E-state index contributed by atoms with van der Waals surface area (Å²) in [6.07, 6.45) is 1.49. The Morgan fingerprint density at radius 3 is 1.85 bits per heavy atom. The average Bonchev–Trinajstić information content (AvgIpc) is 3.62. The number of rotatable bonds is 5. The number of nitrogens with one attached hydrogen (secondary N) is 1.